The van der Waals surface area contributed by atoms with Crippen molar-refractivity contribution in [1.29, 1.82) is 0 Å². The average Bonchev–Trinajstić information content (AvgIpc) is 3.01. The first-order chi connectivity index (χ1) is 12.2. The van der Waals surface area contributed by atoms with Crippen LogP contribution in [0.1, 0.15) is 5.56 Å². The molecular formula is C18H14N4O3. The molecule has 0 fully saturated rings. The van der Waals surface area contributed by atoms with Gasteiger partial charge in [0, 0.05) is 17.0 Å². The summed E-state index contributed by atoms with van der Waals surface area (Å²) in [5.74, 6) is 0.781. The van der Waals surface area contributed by atoms with Crippen LogP contribution in [-0.4, -0.2) is 33.1 Å². The number of phenols is 1. The van der Waals surface area contributed by atoms with Crippen LogP contribution in [0.25, 0.3) is 21.9 Å². The van der Waals surface area contributed by atoms with E-state index in [0.29, 0.717) is 22.3 Å². The minimum atomic E-state index is -0.327. The lowest BCUT2D eigenvalue weighted by atomic mass is 10.2. The molecule has 7 nitrogen and oxygen atoms in total. The Morgan fingerprint density at radius 1 is 1.28 bits per heavy atom. The van der Waals surface area contributed by atoms with Crippen LogP contribution in [0.4, 0.5) is 0 Å². The van der Waals surface area contributed by atoms with E-state index in [1.54, 1.807) is 31.4 Å². The highest BCUT2D eigenvalue weighted by atomic mass is 16.5. The van der Waals surface area contributed by atoms with Gasteiger partial charge in [0.2, 0.25) is 0 Å². The molecule has 0 aliphatic heterocycles. The van der Waals surface area contributed by atoms with Crippen molar-refractivity contribution in [3.63, 3.8) is 0 Å². The van der Waals surface area contributed by atoms with Gasteiger partial charge in [-0.1, -0.05) is 12.1 Å². The van der Waals surface area contributed by atoms with E-state index in [1.807, 2.05) is 18.2 Å². The van der Waals surface area contributed by atoms with Crippen molar-refractivity contribution in [2.24, 2.45) is 5.10 Å². The quantitative estimate of drug-likeness (QED) is 0.563. The van der Waals surface area contributed by atoms with Crippen molar-refractivity contribution in [2.75, 3.05) is 7.11 Å². The summed E-state index contributed by atoms with van der Waals surface area (Å²) in [5.41, 5.74) is 1.89. The van der Waals surface area contributed by atoms with Gasteiger partial charge in [0.05, 0.1) is 18.8 Å². The zero-order valence-electron chi connectivity index (χ0n) is 13.3. The monoisotopic (exact) mass is 334 g/mol. The van der Waals surface area contributed by atoms with Gasteiger partial charge >= 0.3 is 0 Å². The summed E-state index contributed by atoms with van der Waals surface area (Å²) in [7, 11) is 1.59. The predicted molar refractivity (Wildman–Crippen MR) is 95.5 cm³/mol. The number of nitrogens with zero attached hydrogens (tertiary/aromatic N) is 3. The highest BCUT2D eigenvalue weighted by molar-refractivity contribution is 6.04. The normalized spacial score (nSPS) is 11.6. The molecule has 0 aliphatic rings. The SMILES string of the molecule is COc1ccc2c(c1)[nH]c1c(=O)n(N=Cc3ccccc3O)cnc12. The fraction of sp³-hybridized carbons (Fsp3) is 0.0556. The summed E-state index contributed by atoms with van der Waals surface area (Å²) >= 11 is 0. The molecule has 2 aromatic heterocycles. The number of fused-ring (bicyclic) bond motifs is 3. The second-order valence-electron chi connectivity index (χ2n) is 5.46. The molecule has 0 radical (unpaired) electrons. The van der Waals surface area contributed by atoms with Crippen molar-refractivity contribution in [3.05, 3.63) is 64.7 Å². The standard InChI is InChI=1S/C18H14N4O3/c1-25-12-6-7-13-14(8-12)21-17-16(13)19-10-22(18(17)24)20-9-11-4-2-3-5-15(11)23/h2-10,21,23H,1H3. The molecule has 2 heterocycles. The highest BCUT2D eigenvalue weighted by Gasteiger charge is 2.11. The number of aromatic amines is 1. The average molecular weight is 334 g/mol. The van der Waals surface area contributed by atoms with Gasteiger partial charge < -0.3 is 14.8 Å². The minimum absolute atomic E-state index is 0.0889. The van der Waals surface area contributed by atoms with Gasteiger partial charge in [-0.3, -0.25) is 4.79 Å². The van der Waals surface area contributed by atoms with E-state index >= 15 is 0 Å². The molecule has 0 saturated heterocycles. The largest absolute Gasteiger partial charge is 0.507 e. The highest BCUT2D eigenvalue weighted by Crippen LogP contribution is 2.25. The van der Waals surface area contributed by atoms with Crippen molar-refractivity contribution in [1.82, 2.24) is 14.6 Å². The van der Waals surface area contributed by atoms with Crippen LogP contribution < -0.4 is 10.3 Å². The number of nitrogens with one attached hydrogen (secondary N) is 1. The summed E-state index contributed by atoms with van der Waals surface area (Å²) in [5, 5.41) is 14.7. The molecule has 2 aromatic carbocycles. The number of hydrogen-bond acceptors (Lipinski definition) is 5. The van der Waals surface area contributed by atoms with Crippen LogP contribution in [0, 0.1) is 0 Å². The molecule has 25 heavy (non-hydrogen) atoms. The summed E-state index contributed by atoms with van der Waals surface area (Å²) in [6, 6.07) is 12.2. The Kier molecular flexibility index (Phi) is 3.46. The molecule has 0 spiro atoms. The Morgan fingerprint density at radius 3 is 2.92 bits per heavy atom. The van der Waals surface area contributed by atoms with Crippen molar-refractivity contribution in [3.8, 4) is 11.5 Å². The Morgan fingerprint density at radius 2 is 2.12 bits per heavy atom. The summed E-state index contributed by atoms with van der Waals surface area (Å²) in [6.07, 6.45) is 2.77. The summed E-state index contributed by atoms with van der Waals surface area (Å²) < 4.78 is 6.33. The molecule has 0 atom stereocenters. The number of H-pyrrole nitrogens is 1. The zero-order valence-corrected chi connectivity index (χ0v) is 13.3. The molecular weight excluding hydrogens is 320 g/mol. The Hall–Kier alpha value is -3.61. The Balaban J connectivity index is 1.84. The number of aromatic nitrogens is 3. The molecule has 0 unspecified atom stereocenters. The zero-order chi connectivity index (χ0) is 17.4. The van der Waals surface area contributed by atoms with E-state index in [9.17, 15) is 9.90 Å². The number of methoxy groups -OCH3 is 1. The van der Waals surface area contributed by atoms with E-state index in [-0.39, 0.29) is 11.3 Å². The number of phenolic OH excluding ortho intramolecular Hbond substituents is 1. The molecule has 4 rings (SSSR count). The van der Waals surface area contributed by atoms with Crippen LogP contribution in [0.3, 0.4) is 0 Å². The number of aromatic hydroxyl groups is 1. The lowest BCUT2D eigenvalue weighted by Crippen LogP contribution is -2.17. The van der Waals surface area contributed by atoms with E-state index in [2.05, 4.69) is 15.1 Å². The molecule has 124 valence electrons. The number of benzene rings is 2. The lowest BCUT2D eigenvalue weighted by molar-refractivity contribution is 0.415. The van der Waals surface area contributed by atoms with Crippen LogP contribution in [0.15, 0.2) is 58.7 Å². The first kappa shape index (κ1) is 14.9. The number of rotatable bonds is 3. The maximum Gasteiger partial charge on any atom is 0.298 e. The molecule has 0 bridgehead atoms. The molecule has 2 N–H and O–H groups in total. The van der Waals surface area contributed by atoms with Gasteiger partial charge in [-0.25, -0.2) is 4.98 Å². The molecule has 0 aliphatic carbocycles. The van der Waals surface area contributed by atoms with Crippen LogP contribution >= 0.6 is 0 Å². The maximum atomic E-state index is 12.6. The predicted octanol–water partition coefficient (Wildman–Crippen LogP) is 2.47. The van der Waals surface area contributed by atoms with Gasteiger partial charge in [0.25, 0.3) is 5.56 Å². The lowest BCUT2D eigenvalue weighted by Gasteiger charge is -1.99. The van der Waals surface area contributed by atoms with Crippen molar-refractivity contribution in [2.45, 2.75) is 0 Å². The first-order valence-corrected chi connectivity index (χ1v) is 7.57. The van der Waals surface area contributed by atoms with E-state index in [0.717, 1.165) is 15.6 Å². The second-order valence-corrected chi connectivity index (χ2v) is 5.46. The smallest absolute Gasteiger partial charge is 0.298 e. The third kappa shape index (κ3) is 2.51. The van der Waals surface area contributed by atoms with E-state index < -0.39 is 0 Å². The van der Waals surface area contributed by atoms with Crippen LogP contribution in [0.5, 0.6) is 11.5 Å². The summed E-state index contributed by atoms with van der Waals surface area (Å²) in [4.78, 5) is 20.0. The Labute approximate surface area is 141 Å². The molecule has 4 aromatic rings. The van der Waals surface area contributed by atoms with Gasteiger partial charge in [-0.15, -0.1) is 0 Å². The first-order valence-electron chi connectivity index (χ1n) is 7.57. The van der Waals surface area contributed by atoms with Crippen LogP contribution in [0.2, 0.25) is 0 Å². The second kappa shape index (κ2) is 5.79. The minimum Gasteiger partial charge on any atom is -0.507 e. The van der Waals surface area contributed by atoms with Gasteiger partial charge in [0.1, 0.15) is 28.9 Å². The third-order valence-electron chi connectivity index (χ3n) is 3.95. The molecule has 7 heteroatoms. The number of hydrogen-bond donors (Lipinski definition) is 2. The fourth-order valence-corrected chi connectivity index (χ4v) is 2.66. The van der Waals surface area contributed by atoms with E-state index in [4.69, 9.17) is 4.74 Å². The van der Waals surface area contributed by atoms with Crippen LogP contribution in [-0.2, 0) is 0 Å². The number of para-hydroxylation sites is 1. The fourth-order valence-electron chi connectivity index (χ4n) is 2.66. The van der Waals surface area contributed by atoms with Gasteiger partial charge in [0.15, 0.2) is 0 Å². The Bertz CT molecular complexity index is 1170. The van der Waals surface area contributed by atoms with Gasteiger partial charge in [-0.2, -0.15) is 9.78 Å². The topological polar surface area (TPSA) is 92.5 Å². The molecule has 0 saturated carbocycles. The van der Waals surface area contributed by atoms with Crippen molar-refractivity contribution < 1.29 is 9.84 Å². The third-order valence-corrected chi connectivity index (χ3v) is 3.95. The molecule has 0 amide bonds. The van der Waals surface area contributed by atoms with Crippen molar-refractivity contribution >= 4 is 28.2 Å². The summed E-state index contributed by atoms with van der Waals surface area (Å²) in [6.45, 7) is 0. The van der Waals surface area contributed by atoms with Gasteiger partial charge in [-0.05, 0) is 24.3 Å². The number of ether oxygens (including phenoxy) is 1. The van der Waals surface area contributed by atoms with E-state index in [1.165, 1.54) is 12.5 Å². The maximum absolute atomic E-state index is 12.6.